The molecule has 0 aliphatic heterocycles. The number of hydrogen-bond acceptors (Lipinski definition) is 3. The molecule has 0 unspecified atom stereocenters. The van der Waals surface area contributed by atoms with Crippen molar-refractivity contribution in [1.82, 2.24) is 0 Å². The highest BCUT2D eigenvalue weighted by Gasteiger charge is 2.36. The Morgan fingerprint density at radius 2 is 1.54 bits per heavy atom. The maximum Gasteiger partial charge on any atom is 0.307 e. The fourth-order valence-corrected chi connectivity index (χ4v) is 3.49. The molecule has 2 aromatic carbocycles. The molecule has 3 N–H and O–H groups in total. The zero-order chi connectivity index (χ0) is 20.1. The van der Waals surface area contributed by atoms with Crippen LogP contribution in [0, 0.1) is 17.7 Å². The van der Waals surface area contributed by atoms with Crippen molar-refractivity contribution in [3.8, 4) is 0 Å². The first-order valence-corrected chi connectivity index (χ1v) is 9.15. The van der Waals surface area contributed by atoms with Gasteiger partial charge in [-0.05, 0) is 49.2 Å². The molecule has 0 radical (unpaired) electrons. The van der Waals surface area contributed by atoms with Gasteiger partial charge in [-0.15, -0.1) is 0 Å². The fourth-order valence-electron chi connectivity index (χ4n) is 3.49. The van der Waals surface area contributed by atoms with E-state index < -0.39 is 35.4 Å². The number of carboxylic acids is 1. The first-order valence-electron chi connectivity index (χ1n) is 9.15. The molecule has 1 aliphatic rings. The van der Waals surface area contributed by atoms with Crippen molar-refractivity contribution >= 4 is 29.2 Å². The van der Waals surface area contributed by atoms with Crippen molar-refractivity contribution in [3.05, 3.63) is 59.9 Å². The van der Waals surface area contributed by atoms with Crippen molar-refractivity contribution in [2.45, 2.75) is 25.7 Å². The van der Waals surface area contributed by atoms with Gasteiger partial charge in [-0.1, -0.05) is 25.0 Å². The molecule has 0 saturated heterocycles. The lowest BCUT2D eigenvalue weighted by Gasteiger charge is -2.27. The summed E-state index contributed by atoms with van der Waals surface area (Å²) in [5.74, 6) is -3.57. The Hall–Kier alpha value is -3.22. The van der Waals surface area contributed by atoms with E-state index in [0.717, 1.165) is 12.8 Å². The molecular formula is C21H21FN2O4. The molecule has 0 bridgehead atoms. The number of carbonyl (C=O) groups excluding carboxylic acids is 2. The lowest BCUT2D eigenvalue weighted by atomic mass is 9.78. The first kappa shape index (κ1) is 19.5. The van der Waals surface area contributed by atoms with E-state index in [9.17, 15) is 23.9 Å². The van der Waals surface area contributed by atoms with Crippen LogP contribution in [0.15, 0.2) is 48.5 Å². The molecule has 6 nitrogen and oxygen atoms in total. The number of para-hydroxylation sites is 1. The fraction of sp³-hybridized carbons (Fsp3) is 0.286. The molecule has 1 aliphatic carbocycles. The number of carboxylic acid groups (broad SMARTS) is 1. The van der Waals surface area contributed by atoms with Crippen LogP contribution in [0.3, 0.4) is 0 Å². The van der Waals surface area contributed by atoms with Gasteiger partial charge in [-0.3, -0.25) is 14.4 Å². The number of benzene rings is 2. The molecule has 1 fully saturated rings. The van der Waals surface area contributed by atoms with Gasteiger partial charge >= 0.3 is 5.97 Å². The van der Waals surface area contributed by atoms with Crippen molar-refractivity contribution < 1.29 is 23.9 Å². The predicted molar refractivity (Wildman–Crippen MR) is 103 cm³/mol. The summed E-state index contributed by atoms with van der Waals surface area (Å²) < 4.78 is 13.0. The molecule has 7 heteroatoms. The van der Waals surface area contributed by atoms with Gasteiger partial charge in [0.15, 0.2) is 0 Å². The average molecular weight is 384 g/mol. The van der Waals surface area contributed by atoms with Crippen LogP contribution in [0.1, 0.15) is 36.0 Å². The Morgan fingerprint density at radius 3 is 2.21 bits per heavy atom. The summed E-state index contributed by atoms with van der Waals surface area (Å²) in [4.78, 5) is 36.8. The highest BCUT2D eigenvalue weighted by molar-refractivity contribution is 6.10. The van der Waals surface area contributed by atoms with E-state index in [1.807, 2.05) is 0 Å². The summed E-state index contributed by atoms with van der Waals surface area (Å²) in [5, 5.41) is 14.8. The largest absolute Gasteiger partial charge is 0.481 e. The number of nitrogens with one attached hydrogen (secondary N) is 2. The second-order valence-corrected chi connectivity index (χ2v) is 6.83. The smallest absolute Gasteiger partial charge is 0.307 e. The third-order valence-electron chi connectivity index (χ3n) is 4.95. The third kappa shape index (κ3) is 4.54. The standard InChI is InChI=1S/C21H21FN2O4/c22-13-9-11-14(12-10-13)23-20(26)17-7-3-4-8-18(17)24-19(25)15-5-1-2-6-16(15)21(27)28/h3-4,7-12,15-16H,1-2,5-6H2,(H,23,26)(H,24,25)(H,27,28)/t15-,16+/m0/s1. The number of aliphatic carboxylic acids is 1. The summed E-state index contributed by atoms with van der Waals surface area (Å²) in [5.41, 5.74) is 0.968. The maximum atomic E-state index is 13.0. The molecule has 2 atom stereocenters. The summed E-state index contributed by atoms with van der Waals surface area (Å²) in [6.07, 6.45) is 2.57. The Balaban J connectivity index is 1.76. The minimum absolute atomic E-state index is 0.239. The second-order valence-electron chi connectivity index (χ2n) is 6.83. The molecule has 2 aromatic rings. The van der Waals surface area contributed by atoms with Crippen LogP contribution in [-0.2, 0) is 9.59 Å². The number of carbonyl (C=O) groups is 3. The van der Waals surface area contributed by atoms with Crippen LogP contribution in [0.4, 0.5) is 15.8 Å². The van der Waals surface area contributed by atoms with Gasteiger partial charge in [0.1, 0.15) is 5.82 Å². The normalized spacial score (nSPS) is 18.9. The molecule has 0 heterocycles. The van der Waals surface area contributed by atoms with Crippen LogP contribution in [0.5, 0.6) is 0 Å². The molecular weight excluding hydrogens is 363 g/mol. The summed E-state index contributed by atoms with van der Waals surface area (Å²) in [6.45, 7) is 0. The third-order valence-corrected chi connectivity index (χ3v) is 4.95. The zero-order valence-electron chi connectivity index (χ0n) is 15.2. The number of halogens is 1. The lowest BCUT2D eigenvalue weighted by molar-refractivity contribution is -0.147. The topological polar surface area (TPSA) is 95.5 Å². The number of amides is 2. The number of hydrogen-bond donors (Lipinski definition) is 3. The second kappa shape index (κ2) is 8.65. The van der Waals surface area contributed by atoms with E-state index in [1.165, 1.54) is 24.3 Å². The van der Waals surface area contributed by atoms with Crippen molar-refractivity contribution in [2.24, 2.45) is 11.8 Å². The van der Waals surface area contributed by atoms with E-state index >= 15 is 0 Å². The monoisotopic (exact) mass is 384 g/mol. The van der Waals surface area contributed by atoms with Crippen molar-refractivity contribution in [2.75, 3.05) is 10.6 Å². The summed E-state index contributed by atoms with van der Waals surface area (Å²) >= 11 is 0. The zero-order valence-corrected chi connectivity index (χ0v) is 15.2. The Bertz CT molecular complexity index is 882. The van der Waals surface area contributed by atoms with Crippen molar-refractivity contribution in [1.29, 1.82) is 0 Å². The predicted octanol–water partition coefficient (Wildman–Crippen LogP) is 3.91. The highest BCUT2D eigenvalue weighted by atomic mass is 19.1. The van der Waals surface area contributed by atoms with Crippen LogP contribution < -0.4 is 10.6 Å². The van der Waals surface area contributed by atoms with Gasteiger partial charge in [-0.2, -0.15) is 0 Å². The Labute approximate surface area is 161 Å². The minimum Gasteiger partial charge on any atom is -0.481 e. The van der Waals surface area contributed by atoms with E-state index in [-0.39, 0.29) is 5.56 Å². The average Bonchev–Trinajstić information content (AvgIpc) is 2.70. The molecule has 146 valence electrons. The van der Waals surface area contributed by atoms with Gasteiger partial charge in [0.2, 0.25) is 5.91 Å². The molecule has 0 spiro atoms. The van der Waals surface area contributed by atoms with Gasteiger partial charge in [-0.25, -0.2) is 4.39 Å². The van der Waals surface area contributed by atoms with Crippen LogP contribution >= 0.6 is 0 Å². The van der Waals surface area contributed by atoms with Crippen LogP contribution in [0.2, 0.25) is 0 Å². The van der Waals surface area contributed by atoms with Crippen LogP contribution in [-0.4, -0.2) is 22.9 Å². The van der Waals surface area contributed by atoms with Gasteiger partial charge < -0.3 is 15.7 Å². The molecule has 28 heavy (non-hydrogen) atoms. The maximum absolute atomic E-state index is 13.0. The molecule has 1 saturated carbocycles. The van der Waals surface area contributed by atoms with E-state index in [1.54, 1.807) is 24.3 Å². The van der Waals surface area contributed by atoms with Gasteiger partial charge in [0.05, 0.1) is 23.1 Å². The van der Waals surface area contributed by atoms with E-state index in [2.05, 4.69) is 10.6 Å². The Morgan fingerprint density at radius 1 is 0.893 bits per heavy atom. The lowest BCUT2D eigenvalue weighted by Crippen LogP contribution is -2.36. The van der Waals surface area contributed by atoms with E-state index in [4.69, 9.17) is 0 Å². The first-order chi connectivity index (χ1) is 13.5. The number of anilines is 2. The Kier molecular flexibility index (Phi) is 6.03. The van der Waals surface area contributed by atoms with Crippen LogP contribution in [0.25, 0.3) is 0 Å². The van der Waals surface area contributed by atoms with E-state index in [0.29, 0.717) is 24.2 Å². The molecule has 2 amide bonds. The minimum atomic E-state index is -0.970. The number of rotatable bonds is 5. The molecule has 0 aromatic heterocycles. The van der Waals surface area contributed by atoms with Gasteiger partial charge in [0, 0.05) is 5.69 Å². The van der Waals surface area contributed by atoms with Crippen molar-refractivity contribution in [3.63, 3.8) is 0 Å². The highest BCUT2D eigenvalue weighted by Crippen LogP contribution is 2.31. The SMILES string of the molecule is O=C(Nc1ccc(F)cc1)c1ccccc1NC(=O)[C@H]1CCCC[C@H]1C(=O)O. The summed E-state index contributed by atoms with van der Waals surface area (Å²) in [7, 11) is 0. The quantitative estimate of drug-likeness (QED) is 0.728. The summed E-state index contributed by atoms with van der Waals surface area (Å²) in [6, 6.07) is 11.8. The van der Waals surface area contributed by atoms with Gasteiger partial charge in [0.25, 0.3) is 5.91 Å². The molecule has 3 rings (SSSR count).